The Morgan fingerprint density at radius 3 is 2.00 bits per heavy atom. The van der Waals surface area contributed by atoms with Gasteiger partial charge in [-0.25, -0.2) is 0 Å². The molecule has 0 radical (unpaired) electrons. The van der Waals surface area contributed by atoms with Crippen molar-refractivity contribution in [3.05, 3.63) is 12.7 Å². The molecule has 1 heterocycles. The molecule has 3 fully saturated rings. The van der Waals surface area contributed by atoms with Gasteiger partial charge in [0.15, 0.2) is 0 Å². The Bertz CT molecular complexity index is 867. The molecule has 9 atom stereocenters. The minimum atomic E-state index is -1.29. The molecule has 0 aromatic rings. The maximum absolute atomic E-state index is 12.2. The van der Waals surface area contributed by atoms with Gasteiger partial charge in [-0.15, -0.1) is 6.58 Å². The van der Waals surface area contributed by atoms with E-state index in [-0.39, 0.29) is 5.41 Å². The molecular formula is C26H40O8. The summed E-state index contributed by atoms with van der Waals surface area (Å²) in [5.41, 5.74) is -3.42. The SMILES string of the molecule is C=C[C@@]1(C)C[C@@H](OC(C)=O)[C@H]2[C@](C)(O1)[C@@H](O)[C@@H](OC(C)=O)[C@H]1C(C)(C)CC[C@@H](OC(C)=O)[C@@]12C. The van der Waals surface area contributed by atoms with Crippen molar-refractivity contribution in [1.82, 2.24) is 0 Å². The Labute approximate surface area is 202 Å². The zero-order valence-electron chi connectivity index (χ0n) is 21.7. The number of ether oxygens (including phenoxy) is 4. The molecule has 1 aliphatic heterocycles. The largest absolute Gasteiger partial charge is 0.462 e. The van der Waals surface area contributed by atoms with Crippen LogP contribution in [0, 0.1) is 22.7 Å². The predicted octanol–water partition coefficient (Wildman–Crippen LogP) is 3.34. The highest BCUT2D eigenvalue weighted by Gasteiger charge is 2.74. The van der Waals surface area contributed by atoms with Gasteiger partial charge in [0.05, 0.1) is 5.60 Å². The summed E-state index contributed by atoms with van der Waals surface area (Å²) in [5, 5.41) is 11.8. The van der Waals surface area contributed by atoms with E-state index in [2.05, 4.69) is 20.4 Å². The number of aliphatic hydroxyl groups excluding tert-OH is 1. The van der Waals surface area contributed by atoms with Gasteiger partial charge in [-0.05, 0) is 32.1 Å². The predicted molar refractivity (Wildman–Crippen MR) is 123 cm³/mol. The highest BCUT2D eigenvalue weighted by molar-refractivity contribution is 5.67. The number of carbonyl (C=O) groups is 3. The molecule has 3 rings (SSSR count). The molecule has 0 aromatic carbocycles. The Kier molecular flexibility index (Phi) is 6.77. The average Bonchev–Trinajstić information content (AvgIpc) is 2.66. The van der Waals surface area contributed by atoms with Crippen molar-refractivity contribution in [2.45, 2.75) is 110 Å². The van der Waals surface area contributed by atoms with Crippen LogP contribution in [-0.4, -0.2) is 58.6 Å². The normalized spacial score (nSPS) is 45.2. The lowest BCUT2D eigenvalue weighted by molar-refractivity contribution is -0.354. The number of fused-ring (bicyclic) bond motifs is 3. The van der Waals surface area contributed by atoms with Crippen LogP contribution in [0.2, 0.25) is 0 Å². The van der Waals surface area contributed by atoms with Crippen LogP contribution >= 0.6 is 0 Å². The van der Waals surface area contributed by atoms with Gasteiger partial charge in [0.25, 0.3) is 0 Å². The van der Waals surface area contributed by atoms with E-state index in [9.17, 15) is 19.5 Å². The maximum atomic E-state index is 12.2. The minimum absolute atomic E-state index is 0.330. The molecule has 34 heavy (non-hydrogen) atoms. The quantitative estimate of drug-likeness (QED) is 0.371. The first-order chi connectivity index (χ1) is 15.5. The lowest BCUT2D eigenvalue weighted by Crippen LogP contribution is -2.78. The Morgan fingerprint density at radius 1 is 0.941 bits per heavy atom. The maximum Gasteiger partial charge on any atom is 0.303 e. The smallest absolute Gasteiger partial charge is 0.303 e. The zero-order chi connectivity index (χ0) is 25.9. The Balaban J connectivity index is 2.31. The molecule has 2 saturated carbocycles. The van der Waals surface area contributed by atoms with E-state index in [0.717, 1.165) is 0 Å². The van der Waals surface area contributed by atoms with Crippen molar-refractivity contribution < 1.29 is 38.4 Å². The highest BCUT2D eigenvalue weighted by Crippen LogP contribution is 2.67. The van der Waals surface area contributed by atoms with E-state index in [1.165, 1.54) is 20.8 Å². The molecular weight excluding hydrogens is 440 g/mol. The number of hydrogen-bond donors (Lipinski definition) is 1. The second-order valence-electron chi connectivity index (χ2n) is 11.6. The van der Waals surface area contributed by atoms with E-state index >= 15 is 0 Å². The summed E-state index contributed by atoms with van der Waals surface area (Å²) < 4.78 is 24.2. The highest BCUT2D eigenvalue weighted by atomic mass is 16.6. The van der Waals surface area contributed by atoms with Crippen molar-refractivity contribution in [3.63, 3.8) is 0 Å². The monoisotopic (exact) mass is 480 g/mol. The third kappa shape index (κ3) is 4.17. The second-order valence-corrected chi connectivity index (χ2v) is 11.6. The summed E-state index contributed by atoms with van der Waals surface area (Å²) in [4.78, 5) is 36.6. The summed E-state index contributed by atoms with van der Waals surface area (Å²) in [6, 6.07) is 0. The molecule has 3 aliphatic rings. The summed E-state index contributed by atoms with van der Waals surface area (Å²) in [6.07, 6.45) is -0.0737. The molecule has 0 bridgehead atoms. The number of aliphatic hydroxyl groups is 1. The van der Waals surface area contributed by atoms with Crippen molar-refractivity contribution in [3.8, 4) is 0 Å². The van der Waals surface area contributed by atoms with Gasteiger partial charge in [0.1, 0.15) is 30.0 Å². The van der Waals surface area contributed by atoms with Crippen LogP contribution in [-0.2, 0) is 33.3 Å². The molecule has 2 aliphatic carbocycles. The number of hydrogen-bond acceptors (Lipinski definition) is 8. The topological polar surface area (TPSA) is 108 Å². The van der Waals surface area contributed by atoms with Gasteiger partial charge in [-0.1, -0.05) is 26.8 Å². The molecule has 0 aromatic heterocycles. The van der Waals surface area contributed by atoms with Crippen LogP contribution in [0.5, 0.6) is 0 Å². The molecule has 0 amide bonds. The number of rotatable bonds is 4. The van der Waals surface area contributed by atoms with Crippen LogP contribution in [0.1, 0.15) is 74.7 Å². The van der Waals surface area contributed by atoms with Crippen molar-refractivity contribution in [2.24, 2.45) is 22.7 Å². The van der Waals surface area contributed by atoms with Gasteiger partial charge >= 0.3 is 17.9 Å². The van der Waals surface area contributed by atoms with Crippen LogP contribution < -0.4 is 0 Å². The Hall–Kier alpha value is -1.93. The molecule has 8 heteroatoms. The van der Waals surface area contributed by atoms with E-state index < -0.39 is 70.8 Å². The van der Waals surface area contributed by atoms with Gasteiger partial charge in [0.2, 0.25) is 0 Å². The van der Waals surface area contributed by atoms with E-state index in [0.29, 0.717) is 19.3 Å². The van der Waals surface area contributed by atoms with E-state index in [1.807, 2.05) is 13.8 Å². The van der Waals surface area contributed by atoms with Crippen LogP contribution in [0.25, 0.3) is 0 Å². The van der Waals surface area contributed by atoms with Gasteiger partial charge in [0, 0.05) is 44.4 Å². The van der Waals surface area contributed by atoms with Gasteiger partial charge in [-0.3, -0.25) is 14.4 Å². The van der Waals surface area contributed by atoms with E-state index in [4.69, 9.17) is 18.9 Å². The van der Waals surface area contributed by atoms with Gasteiger partial charge < -0.3 is 24.1 Å². The van der Waals surface area contributed by atoms with Gasteiger partial charge in [-0.2, -0.15) is 0 Å². The molecule has 8 nitrogen and oxygen atoms in total. The second kappa shape index (κ2) is 8.63. The molecule has 0 spiro atoms. The minimum Gasteiger partial charge on any atom is -0.462 e. The first-order valence-corrected chi connectivity index (χ1v) is 12.1. The molecule has 0 unspecified atom stereocenters. The lowest BCUT2D eigenvalue weighted by atomic mass is 9.41. The fourth-order valence-corrected chi connectivity index (χ4v) is 7.63. The number of carbonyl (C=O) groups excluding carboxylic acids is 3. The average molecular weight is 481 g/mol. The van der Waals surface area contributed by atoms with Crippen LogP contribution in [0.15, 0.2) is 12.7 Å². The Morgan fingerprint density at radius 2 is 1.50 bits per heavy atom. The molecule has 1 N–H and O–H groups in total. The summed E-state index contributed by atoms with van der Waals surface area (Å²) in [6.45, 7) is 17.7. The first-order valence-electron chi connectivity index (χ1n) is 12.1. The van der Waals surface area contributed by atoms with Crippen molar-refractivity contribution >= 4 is 17.9 Å². The third-order valence-electron chi connectivity index (χ3n) is 8.56. The number of esters is 3. The molecule has 192 valence electrons. The fourth-order valence-electron chi connectivity index (χ4n) is 7.63. The summed E-state index contributed by atoms with van der Waals surface area (Å²) >= 11 is 0. The first kappa shape index (κ1) is 26.7. The third-order valence-corrected chi connectivity index (χ3v) is 8.56. The van der Waals surface area contributed by atoms with Crippen molar-refractivity contribution in [2.75, 3.05) is 0 Å². The summed E-state index contributed by atoms with van der Waals surface area (Å²) in [7, 11) is 0. The zero-order valence-corrected chi connectivity index (χ0v) is 21.7. The van der Waals surface area contributed by atoms with Crippen LogP contribution in [0.3, 0.4) is 0 Å². The van der Waals surface area contributed by atoms with Crippen LogP contribution in [0.4, 0.5) is 0 Å². The van der Waals surface area contributed by atoms with E-state index in [1.54, 1.807) is 13.0 Å². The fraction of sp³-hybridized carbons (Fsp3) is 0.808. The lowest BCUT2D eigenvalue weighted by Gasteiger charge is -2.70. The van der Waals surface area contributed by atoms with Crippen molar-refractivity contribution in [1.29, 1.82) is 0 Å². The summed E-state index contributed by atoms with van der Waals surface area (Å²) in [5.74, 6) is -2.33. The standard InChI is InChI=1S/C26H40O8/c1-10-24(7)13-17(31-14(2)27)20-25(8)18(32-15(3)28)11-12-23(5,6)21(25)19(33-16(4)29)22(30)26(20,9)34-24/h10,17-22,30H,1,11-13H2,2-9H3/t17-,18-,19+,20-,21+,22+,24+,25-,26+/m1/s1. The molecule has 1 saturated heterocycles.